The lowest BCUT2D eigenvalue weighted by Gasteiger charge is -2.35. The van der Waals surface area contributed by atoms with Gasteiger partial charge in [-0.05, 0) is 58.3 Å². The molecule has 1 aromatic carbocycles. The number of nitrogens with one attached hydrogen (secondary N) is 1. The van der Waals surface area contributed by atoms with E-state index in [1.54, 1.807) is 0 Å². The average molecular weight is 246 g/mol. The molecule has 0 radical (unpaired) electrons. The lowest BCUT2D eigenvalue weighted by atomic mass is 9.98. The minimum Gasteiger partial charge on any atom is -0.310 e. The van der Waals surface area contributed by atoms with Gasteiger partial charge in [-0.2, -0.15) is 0 Å². The summed E-state index contributed by atoms with van der Waals surface area (Å²) >= 11 is 0. The predicted molar refractivity (Wildman–Crippen MR) is 77.9 cm³/mol. The molecule has 100 valence electrons. The van der Waals surface area contributed by atoms with Crippen LogP contribution in [-0.2, 0) is 6.54 Å². The number of hydrogen-bond acceptors (Lipinski definition) is 2. The molecule has 1 heterocycles. The van der Waals surface area contributed by atoms with Crippen molar-refractivity contribution in [3.05, 3.63) is 34.9 Å². The fourth-order valence-corrected chi connectivity index (χ4v) is 2.77. The van der Waals surface area contributed by atoms with Crippen LogP contribution in [0.5, 0.6) is 0 Å². The van der Waals surface area contributed by atoms with Crippen LogP contribution in [0.1, 0.15) is 36.5 Å². The van der Waals surface area contributed by atoms with Gasteiger partial charge in [0, 0.05) is 18.6 Å². The van der Waals surface area contributed by atoms with Crippen molar-refractivity contribution in [3.8, 4) is 0 Å². The summed E-state index contributed by atoms with van der Waals surface area (Å²) in [7, 11) is 2.23. The summed E-state index contributed by atoms with van der Waals surface area (Å²) < 4.78 is 0. The second-order valence-corrected chi connectivity index (χ2v) is 5.86. The molecule has 0 bridgehead atoms. The van der Waals surface area contributed by atoms with Crippen LogP contribution < -0.4 is 5.32 Å². The molecular weight excluding hydrogens is 220 g/mol. The van der Waals surface area contributed by atoms with E-state index < -0.39 is 0 Å². The number of hydrogen-bond donors (Lipinski definition) is 1. The van der Waals surface area contributed by atoms with E-state index in [0.29, 0.717) is 12.1 Å². The predicted octanol–water partition coefficient (Wildman–Crippen LogP) is 2.88. The molecule has 2 atom stereocenters. The number of nitrogens with zero attached hydrogens (tertiary/aromatic N) is 1. The Bertz CT molecular complexity index is 400. The smallest absolute Gasteiger partial charge is 0.0210 e. The van der Waals surface area contributed by atoms with Crippen molar-refractivity contribution in [2.24, 2.45) is 0 Å². The molecule has 0 saturated carbocycles. The van der Waals surface area contributed by atoms with Crippen LogP contribution in [0.4, 0.5) is 0 Å². The summed E-state index contributed by atoms with van der Waals surface area (Å²) in [5.74, 6) is 0. The maximum absolute atomic E-state index is 3.72. The van der Waals surface area contributed by atoms with Crippen LogP contribution >= 0.6 is 0 Å². The van der Waals surface area contributed by atoms with Gasteiger partial charge in [0.15, 0.2) is 0 Å². The van der Waals surface area contributed by atoms with E-state index in [1.807, 2.05) is 0 Å². The van der Waals surface area contributed by atoms with Crippen LogP contribution in [0.25, 0.3) is 0 Å². The minimum absolute atomic E-state index is 0.678. The number of rotatable bonds is 3. The number of benzene rings is 1. The zero-order valence-corrected chi connectivity index (χ0v) is 12.2. The topological polar surface area (TPSA) is 15.3 Å². The van der Waals surface area contributed by atoms with Gasteiger partial charge in [-0.25, -0.2) is 0 Å². The number of aryl methyl sites for hydroxylation is 2. The lowest BCUT2D eigenvalue weighted by molar-refractivity contribution is 0.168. The summed E-state index contributed by atoms with van der Waals surface area (Å²) in [5, 5.41) is 3.72. The highest BCUT2D eigenvalue weighted by molar-refractivity contribution is 5.30. The first-order valence-electron chi connectivity index (χ1n) is 7.06. The summed E-state index contributed by atoms with van der Waals surface area (Å²) in [5.41, 5.74) is 4.19. The van der Waals surface area contributed by atoms with Crippen LogP contribution in [-0.4, -0.2) is 30.6 Å². The SMILES string of the molecule is Cc1ccc(CNC2CCN(C)C(C)C2)c(C)c1. The van der Waals surface area contributed by atoms with E-state index in [9.17, 15) is 0 Å². The fraction of sp³-hybridized carbons (Fsp3) is 0.625. The molecule has 2 heteroatoms. The van der Waals surface area contributed by atoms with Crippen molar-refractivity contribution in [2.45, 2.75) is 52.2 Å². The Hall–Kier alpha value is -0.860. The monoisotopic (exact) mass is 246 g/mol. The summed E-state index contributed by atoms with van der Waals surface area (Å²) in [6, 6.07) is 8.12. The molecular formula is C16H26N2. The molecule has 1 aromatic rings. The molecule has 2 unspecified atom stereocenters. The van der Waals surface area contributed by atoms with E-state index in [-0.39, 0.29) is 0 Å². The quantitative estimate of drug-likeness (QED) is 0.882. The Morgan fingerprint density at radius 3 is 2.78 bits per heavy atom. The molecule has 0 spiro atoms. The third-order valence-corrected chi connectivity index (χ3v) is 4.29. The molecule has 1 aliphatic rings. The molecule has 2 rings (SSSR count). The molecule has 1 N–H and O–H groups in total. The Kier molecular flexibility index (Phi) is 4.41. The van der Waals surface area contributed by atoms with Gasteiger partial charge in [-0.1, -0.05) is 23.8 Å². The zero-order chi connectivity index (χ0) is 13.1. The molecule has 0 amide bonds. The highest BCUT2D eigenvalue weighted by atomic mass is 15.1. The van der Waals surface area contributed by atoms with Gasteiger partial charge in [-0.3, -0.25) is 0 Å². The van der Waals surface area contributed by atoms with Gasteiger partial charge in [0.1, 0.15) is 0 Å². The molecule has 1 aliphatic heterocycles. The highest BCUT2D eigenvalue weighted by Gasteiger charge is 2.22. The van der Waals surface area contributed by atoms with Gasteiger partial charge >= 0.3 is 0 Å². The largest absolute Gasteiger partial charge is 0.310 e. The van der Waals surface area contributed by atoms with Crippen LogP contribution in [0.15, 0.2) is 18.2 Å². The molecule has 0 aliphatic carbocycles. The van der Waals surface area contributed by atoms with E-state index in [4.69, 9.17) is 0 Å². The van der Waals surface area contributed by atoms with E-state index >= 15 is 0 Å². The van der Waals surface area contributed by atoms with Crippen LogP contribution in [0, 0.1) is 13.8 Å². The molecule has 1 saturated heterocycles. The molecule has 2 nitrogen and oxygen atoms in total. The maximum atomic E-state index is 3.72. The van der Waals surface area contributed by atoms with Gasteiger partial charge in [-0.15, -0.1) is 0 Å². The Labute approximate surface area is 111 Å². The highest BCUT2D eigenvalue weighted by Crippen LogP contribution is 2.17. The molecule has 18 heavy (non-hydrogen) atoms. The summed E-state index contributed by atoms with van der Waals surface area (Å²) in [6.07, 6.45) is 2.53. The first-order valence-corrected chi connectivity index (χ1v) is 7.06. The number of piperidine rings is 1. The van der Waals surface area contributed by atoms with E-state index in [0.717, 1.165) is 6.54 Å². The second kappa shape index (κ2) is 5.85. The van der Waals surface area contributed by atoms with Crippen LogP contribution in [0.3, 0.4) is 0 Å². The van der Waals surface area contributed by atoms with Crippen molar-refractivity contribution in [3.63, 3.8) is 0 Å². The minimum atomic E-state index is 0.678. The van der Waals surface area contributed by atoms with Crippen LogP contribution in [0.2, 0.25) is 0 Å². The standard InChI is InChI=1S/C16H26N2/c1-12-5-6-15(13(2)9-12)11-17-16-7-8-18(4)14(3)10-16/h5-6,9,14,16-17H,7-8,10-11H2,1-4H3. The zero-order valence-electron chi connectivity index (χ0n) is 12.2. The Morgan fingerprint density at radius 2 is 2.11 bits per heavy atom. The van der Waals surface area contributed by atoms with Gasteiger partial charge in [0.2, 0.25) is 0 Å². The van der Waals surface area contributed by atoms with Crippen molar-refractivity contribution >= 4 is 0 Å². The second-order valence-electron chi connectivity index (χ2n) is 5.86. The normalized spacial score (nSPS) is 25.3. The Morgan fingerprint density at radius 1 is 1.33 bits per heavy atom. The average Bonchev–Trinajstić information content (AvgIpc) is 2.32. The van der Waals surface area contributed by atoms with Crippen molar-refractivity contribution < 1.29 is 0 Å². The van der Waals surface area contributed by atoms with Gasteiger partial charge in [0.05, 0.1) is 0 Å². The molecule has 1 fully saturated rings. The summed E-state index contributed by atoms with van der Waals surface area (Å²) in [4.78, 5) is 2.45. The number of likely N-dealkylation sites (tertiary alicyclic amines) is 1. The van der Waals surface area contributed by atoms with Crippen molar-refractivity contribution in [2.75, 3.05) is 13.6 Å². The van der Waals surface area contributed by atoms with Gasteiger partial charge < -0.3 is 10.2 Å². The third-order valence-electron chi connectivity index (χ3n) is 4.29. The lowest BCUT2D eigenvalue weighted by Crippen LogP contribution is -2.45. The van der Waals surface area contributed by atoms with Gasteiger partial charge in [0.25, 0.3) is 0 Å². The third kappa shape index (κ3) is 3.33. The fourth-order valence-electron chi connectivity index (χ4n) is 2.77. The molecule has 0 aromatic heterocycles. The summed E-state index contributed by atoms with van der Waals surface area (Å²) in [6.45, 7) is 8.91. The van der Waals surface area contributed by atoms with E-state index in [2.05, 4.69) is 56.2 Å². The maximum Gasteiger partial charge on any atom is 0.0210 e. The Balaban J connectivity index is 1.88. The van der Waals surface area contributed by atoms with Crippen molar-refractivity contribution in [1.29, 1.82) is 0 Å². The first kappa shape index (κ1) is 13.6. The first-order chi connectivity index (χ1) is 8.56. The van der Waals surface area contributed by atoms with E-state index in [1.165, 1.54) is 36.1 Å². The van der Waals surface area contributed by atoms with Crippen molar-refractivity contribution in [1.82, 2.24) is 10.2 Å².